The number of hydrogen-bond acceptors (Lipinski definition) is 5. The molecule has 1 aromatic heterocycles. The van der Waals surface area contributed by atoms with Crippen LogP contribution in [0.3, 0.4) is 0 Å². The van der Waals surface area contributed by atoms with Crippen LogP contribution in [0.2, 0.25) is 0 Å². The second kappa shape index (κ2) is 4.66. The number of nitrogens with one attached hydrogen (secondary N) is 1. The highest BCUT2D eigenvalue weighted by Crippen LogP contribution is 2.35. The van der Waals surface area contributed by atoms with Crippen LogP contribution in [0.25, 0.3) is 0 Å². The Bertz CT molecular complexity index is 519. The highest BCUT2D eigenvalue weighted by Gasteiger charge is 2.35. The first-order valence-electron chi connectivity index (χ1n) is 6.54. The SMILES string of the molecule is O=S1(=O)CCCCC1c1ocnc1CNC1CC1. The first-order chi connectivity index (χ1) is 8.67. The minimum atomic E-state index is -3.05. The molecule has 2 aliphatic rings. The Hall–Kier alpha value is -0.880. The summed E-state index contributed by atoms with van der Waals surface area (Å²) in [5.74, 6) is 0.830. The number of aromatic nitrogens is 1. The van der Waals surface area contributed by atoms with Gasteiger partial charge in [0, 0.05) is 12.6 Å². The summed E-state index contributed by atoms with van der Waals surface area (Å²) < 4.78 is 29.5. The molecule has 2 heterocycles. The van der Waals surface area contributed by atoms with Gasteiger partial charge in [-0.15, -0.1) is 0 Å². The van der Waals surface area contributed by atoms with E-state index in [0.717, 1.165) is 18.5 Å². The van der Waals surface area contributed by atoms with E-state index in [0.29, 0.717) is 24.8 Å². The van der Waals surface area contributed by atoms with Gasteiger partial charge in [0.1, 0.15) is 11.0 Å². The Morgan fingerprint density at radius 1 is 1.33 bits per heavy atom. The lowest BCUT2D eigenvalue weighted by atomic mass is 10.1. The van der Waals surface area contributed by atoms with Crippen LogP contribution in [0.1, 0.15) is 48.8 Å². The maximum Gasteiger partial charge on any atom is 0.181 e. The molecular formula is C12H18N2O3S. The lowest BCUT2D eigenvalue weighted by Gasteiger charge is -2.20. The lowest BCUT2D eigenvalue weighted by molar-refractivity contribution is 0.457. The molecule has 1 aliphatic carbocycles. The van der Waals surface area contributed by atoms with Crippen LogP contribution in [0.5, 0.6) is 0 Å². The number of rotatable bonds is 4. The van der Waals surface area contributed by atoms with E-state index in [9.17, 15) is 8.42 Å². The van der Waals surface area contributed by atoms with Crippen molar-refractivity contribution >= 4 is 9.84 Å². The molecule has 2 fully saturated rings. The largest absolute Gasteiger partial charge is 0.447 e. The van der Waals surface area contributed by atoms with Gasteiger partial charge in [0.15, 0.2) is 16.2 Å². The maximum absolute atomic E-state index is 12.1. The highest BCUT2D eigenvalue weighted by molar-refractivity contribution is 7.91. The van der Waals surface area contributed by atoms with Crippen LogP contribution in [-0.4, -0.2) is 25.2 Å². The minimum Gasteiger partial charge on any atom is -0.447 e. The van der Waals surface area contributed by atoms with E-state index in [1.165, 1.54) is 19.2 Å². The standard InChI is InChI=1S/C12H18N2O3S/c15-18(16)6-2-1-3-11(18)12-10(14-8-17-12)7-13-9-4-5-9/h8-9,11,13H,1-7H2. The van der Waals surface area contributed by atoms with Gasteiger partial charge in [0.2, 0.25) is 0 Å². The van der Waals surface area contributed by atoms with Crippen molar-refractivity contribution in [1.29, 1.82) is 0 Å². The predicted molar refractivity (Wildman–Crippen MR) is 66.7 cm³/mol. The van der Waals surface area contributed by atoms with Crippen LogP contribution in [-0.2, 0) is 16.4 Å². The first kappa shape index (κ1) is 12.2. The number of hydrogen-bond donors (Lipinski definition) is 1. The predicted octanol–water partition coefficient (Wildman–Crippen LogP) is 1.57. The number of oxazole rings is 1. The normalized spacial score (nSPS) is 27.2. The molecule has 1 aliphatic heterocycles. The third kappa shape index (κ3) is 2.44. The van der Waals surface area contributed by atoms with Gasteiger partial charge in [0.25, 0.3) is 0 Å². The van der Waals surface area contributed by atoms with Crippen LogP contribution in [0.15, 0.2) is 10.8 Å². The fraction of sp³-hybridized carbons (Fsp3) is 0.750. The van der Waals surface area contributed by atoms with E-state index in [-0.39, 0.29) is 5.75 Å². The molecule has 0 spiro atoms. The smallest absolute Gasteiger partial charge is 0.181 e. The average Bonchev–Trinajstić information content (AvgIpc) is 3.05. The van der Waals surface area contributed by atoms with Crippen molar-refractivity contribution in [3.8, 4) is 0 Å². The zero-order valence-corrected chi connectivity index (χ0v) is 11.1. The van der Waals surface area contributed by atoms with Gasteiger partial charge in [-0.2, -0.15) is 0 Å². The Labute approximate surface area is 107 Å². The topological polar surface area (TPSA) is 72.2 Å². The molecule has 1 aromatic rings. The van der Waals surface area contributed by atoms with Crippen LogP contribution in [0, 0.1) is 0 Å². The molecule has 1 saturated heterocycles. The van der Waals surface area contributed by atoms with E-state index in [1.807, 2.05) is 0 Å². The summed E-state index contributed by atoms with van der Waals surface area (Å²) in [6, 6.07) is 0.581. The summed E-state index contributed by atoms with van der Waals surface area (Å²) in [6.07, 6.45) is 6.14. The lowest BCUT2D eigenvalue weighted by Crippen LogP contribution is -2.23. The van der Waals surface area contributed by atoms with E-state index in [2.05, 4.69) is 10.3 Å². The zero-order valence-electron chi connectivity index (χ0n) is 10.3. The molecule has 0 bridgehead atoms. The van der Waals surface area contributed by atoms with E-state index < -0.39 is 15.1 Å². The molecule has 1 saturated carbocycles. The summed E-state index contributed by atoms with van der Waals surface area (Å²) in [5, 5.41) is 2.87. The second-order valence-corrected chi connectivity index (χ2v) is 7.47. The minimum absolute atomic E-state index is 0.272. The van der Waals surface area contributed by atoms with Crippen molar-refractivity contribution in [2.24, 2.45) is 0 Å². The Kier molecular flexibility index (Phi) is 3.15. The molecule has 5 nitrogen and oxygen atoms in total. The van der Waals surface area contributed by atoms with Gasteiger partial charge in [-0.1, -0.05) is 6.42 Å². The Morgan fingerprint density at radius 2 is 2.17 bits per heavy atom. The van der Waals surface area contributed by atoms with Crippen LogP contribution in [0.4, 0.5) is 0 Å². The summed E-state index contributed by atoms with van der Waals surface area (Å²) in [6.45, 7) is 0.614. The molecular weight excluding hydrogens is 252 g/mol. The molecule has 6 heteroatoms. The van der Waals surface area contributed by atoms with Gasteiger partial charge in [-0.25, -0.2) is 13.4 Å². The van der Waals surface area contributed by atoms with Crippen LogP contribution >= 0.6 is 0 Å². The molecule has 18 heavy (non-hydrogen) atoms. The molecule has 0 radical (unpaired) electrons. The van der Waals surface area contributed by atoms with Crippen molar-refractivity contribution in [3.05, 3.63) is 17.8 Å². The second-order valence-electron chi connectivity index (χ2n) is 5.17. The third-order valence-electron chi connectivity index (χ3n) is 3.68. The van der Waals surface area contributed by atoms with Gasteiger partial charge in [-0.3, -0.25) is 0 Å². The van der Waals surface area contributed by atoms with Crippen molar-refractivity contribution < 1.29 is 12.8 Å². The molecule has 1 unspecified atom stereocenters. The molecule has 0 amide bonds. The van der Waals surface area contributed by atoms with Gasteiger partial charge < -0.3 is 9.73 Å². The highest BCUT2D eigenvalue weighted by atomic mass is 32.2. The summed E-state index contributed by atoms with van der Waals surface area (Å²) >= 11 is 0. The monoisotopic (exact) mass is 270 g/mol. The van der Waals surface area contributed by atoms with E-state index in [1.54, 1.807) is 0 Å². The first-order valence-corrected chi connectivity index (χ1v) is 8.25. The van der Waals surface area contributed by atoms with Crippen molar-refractivity contribution in [3.63, 3.8) is 0 Å². The van der Waals surface area contributed by atoms with Gasteiger partial charge in [-0.05, 0) is 25.7 Å². The molecule has 100 valence electrons. The van der Waals surface area contributed by atoms with Crippen molar-refractivity contribution in [2.45, 2.75) is 49.9 Å². The zero-order chi connectivity index (χ0) is 12.6. The molecule has 1 N–H and O–H groups in total. The van der Waals surface area contributed by atoms with E-state index in [4.69, 9.17) is 4.42 Å². The third-order valence-corrected chi connectivity index (χ3v) is 5.85. The summed E-state index contributed by atoms with van der Waals surface area (Å²) in [5.41, 5.74) is 0.761. The molecule has 1 atom stereocenters. The van der Waals surface area contributed by atoms with Crippen molar-refractivity contribution in [2.75, 3.05) is 5.75 Å². The van der Waals surface area contributed by atoms with Gasteiger partial charge in [0.05, 0.1) is 11.4 Å². The number of sulfone groups is 1. The Balaban J connectivity index is 1.79. The van der Waals surface area contributed by atoms with Gasteiger partial charge >= 0.3 is 0 Å². The molecule has 0 aromatic carbocycles. The van der Waals surface area contributed by atoms with Crippen molar-refractivity contribution in [1.82, 2.24) is 10.3 Å². The van der Waals surface area contributed by atoms with Crippen LogP contribution < -0.4 is 5.32 Å². The number of nitrogens with zero attached hydrogens (tertiary/aromatic N) is 1. The average molecular weight is 270 g/mol. The summed E-state index contributed by atoms with van der Waals surface area (Å²) in [4.78, 5) is 4.16. The molecule has 3 rings (SSSR count). The fourth-order valence-electron chi connectivity index (χ4n) is 2.45. The summed E-state index contributed by atoms with van der Waals surface area (Å²) in [7, 11) is -3.05. The quantitative estimate of drug-likeness (QED) is 0.899. The Morgan fingerprint density at radius 3 is 2.89 bits per heavy atom. The maximum atomic E-state index is 12.1. The fourth-order valence-corrected chi connectivity index (χ4v) is 4.38. The van der Waals surface area contributed by atoms with E-state index >= 15 is 0 Å².